The first-order valence-corrected chi connectivity index (χ1v) is 12.6. The lowest BCUT2D eigenvalue weighted by Crippen LogP contribution is -2.58. The van der Waals surface area contributed by atoms with E-state index in [0.29, 0.717) is 25.8 Å². The average Bonchev–Trinajstić information content (AvgIpc) is 2.82. The van der Waals surface area contributed by atoms with Gasteiger partial charge in [-0.2, -0.15) is 0 Å². The number of aliphatic imine (C=N–C) groups is 1. The monoisotopic (exact) mass is 543 g/mol. The summed E-state index contributed by atoms with van der Waals surface area (Å²) < 4.78 is 0. The molecule has 0 saturated heterocycles. The smallest absolute Gasteiger partial charge is 0.305 e. The molecule has 0 saturated carbocycles. The quantitative estimate of drug-likeness (QED) is 0.0499. The van der Waals surface area contributed by atoms with Crippen molar-refractivity contribution in [2.24, 2.45) is 33.8 Å². The Hall–Kier alpha value is -3.46. The van der Waals surface area contributed by atoms with E-state index in [1.54, 1.807) is 13.8 Å². The fraction of sp³-hybridized carbons (Fsp3) is 0.739. The Morgan fingerprint density at radius 2 is 1.45 bits per heavy atom. The van der Waals surface area contributed by atoms with Crippen molar-refractivity contribution in [2.45, 2.75) is 76.5 Å². The van der Waals surface area contributed by atoms with Crippen LogP contribution in [0.3, 0.4) is 0 Å². The Morgan fingerprint density at radius 3 is 1.95 bits per heavy atom. The molecule has 15 heteroatoms. The Balaban J connectivity index is 5.56. The van der Waals surface area contributed by atoms with Crippen LogP contribution in [0.5, 0.6) is 0 Å². The van der Waals surface area contributed by atoms with E-state index in [-0.39, 0.29) is 37.2 Å². The molecule has 4 amide bonds. The van der Waals surface area contributed by atoms with Gasteiger partial charge in [-0.25, -0.2) is 0 Å². The number of aliphatic carboxylic acids is 1. The van der Waals surface area contributed by atoms with Gasteiger partial charge in [-0.1, -0.05) is 13.8 Å². The van der Waals surface area contributed by atoms with Gasteiger partial charge >= 0.3 is 5.97 Å². The van der Waals surface area contributed by atoms with Gasteiger partial charge in [-0.15, -0.1) is 0 Å². The first kappa shape index (κ1) is 34.5. The molecule has 0 fully saturated rings. The van der Waals surface area contributed by atoms with Crippen LogP contribution >= 0.6 is 0 Å². The lowest BCUT2D eigenvalue weighted by Gasteiger charge is -2.28. The van der Waals surface area contributed by atoms with Crippen LogP contribution in [0.2, 0.25) is 0 Å². The molecular weight excluding hydrogens is 498 g/mol. The highest BCUT2D eigenvalue weighted by molar-refractivity contribution is 5.96. The second-order valence-electron chi connectivity index (χ2n) is 9.52. The van der Waals surface area contributed by atoms with E-state index in [2.05, 4.69) is 20.9 Å². The minimum atomic E-state index is -1.49. The summed E-state index contributed by atoms with van der Waals surface area (Å²) in [6, 6.07) is -4.46. The van der Waals surface area contributed by atoms with Crippen molar-refractivity contribution in [2.75, 3.05) is 27.2 Å². The second kappa shape index (κ2) is 17.9. The van der Waals surface area contributed by atoms with E-state index < -0.39 is 54.3 Å². The van der Waals surface area contributed by atoms with Crippen molar-refractivity contribution < 1.29 is 29.1 Å². The van der Waals surface area contributed by atoms with Crippen LogP contribution in [0.15, 0.2) is 4.99 Å². The summed E-state index contributed by atoms with van der Waals surface area (Å²) in [7, 11) is 3.06. The SMILES string of the molecule is CC(C)[C@H](NC(=O)[C@H](CC(=O)O)NC(=O)[C@H](CCCCN)NC(=O)[C@@H](N)CCCN=C(N)N)C(=O)N(C)C. The molecule has 0 rings (SSSR count). The van der Waals surface area contributed by atoms with Crippen LogP contribution in [0.4, 0.5) is 0 Å². The van der Waals surface area contributed by atoms with E-state index in [1.807, 2.05) is 0 Å². The summed E-state index contributed by atoms with van der Waals surface area (Å²) in [4.78, 5) is 67.7. The molecule has 0 heterocycles. The van der Waals surface area contributed by atoms with Gasteiger partial charge in [-0.3, -0.25) is 29.0 Å². The van der Waals surface area contributed by atoms with Gasteiger partial charge in [-0.05, 0) is 44.6 Å². The summed E-state index contributed by atoms with van der Waals surface area (Å²) in [5.41, 5.74) is 22.0. The van der Waals surface area contributed by atoms with Gasteiger partial charge in [0.15, 0.2) is 5.96 Å². The normalized spacial score (nSPS) is 14.0. The molecule has 0 aliphatic carbocycles. The standard InChI is InChI=1S/C23H45N9O6/c1-13(2)18(22(38)32(3)4)31-21(37)16(12-17(33)34)30-20(36)15(9-5-6-10-24)29-19(35)14(25)8-7-11-28-23(26)27/h13-16,18H,5-12,24-25H2,1-4H3,(H,29,35)(H,30,36)(H,31,37)(H,33,34)(H4,26,27,28)/t14-,15-,16-,18-/m0/s1. The topological polar surface area (TPSA) is 261 Å². The molecule has 12 N–H and O–H groups in total. The van der Waals surface area contributed by atoms with Crippen LogP contribution in [0, 0.1) is 5.92 Å². The third-order valence-electron chi connectivity index (χ3n) is 5.57. The summed E-state index contributed by atoms with van der Waals surface area (Å²) in [6.07, 6.45) is 1.19. The summed E-state index contributed by atoms with van der Waals surface area (Å²) in [5, 5.41) is 16.8. The van der Waals surface area contributed by atoms with Gasteiger partial charge in [0.2, 0.25) is 23.6 Å². The number of carboxylic acids is 1. The first-order chi connectivity index (χ1) is 17.7. The maximum atomic E-state index is 13.1. The third-order valence-corrected chi connectivity index (χ3v) is 5.57. The number of likely N-dealkylation sites (N-methyl/N-ethyl adjacent to an activating group) is 1. The predicted octanol–water partition coefficient (Wildman–Crippen LogP) is -2.83. The van der Waals surface area contributed by atoms with Crippen LogP contribution < -0.4 is 38.9 Å². The third kappa shape index (κ3) is 13.7. The Bertz CT molecular complexity index is 830. The van der Waals surface area contributed by atoms with Crippen molar-refractivity contribution in [3.63, 3.8) is 0 Å². The van der Waals surface area contributed by atoms with Crippen molar-refractivity contribution in [3.05, 3.63) is 0 Å². The largest absolute Gasteiger partial charge is 0.481 e. The summed E-state index contributed by atoms with van der Waals surface area (Å²) in [6.45, 7) is 4.10. The lowest BCUT2D eigenvalue weighted by atomic mass is 10.0. The maximum absolute atomic E-state index is 13.1. The second-order valence-corrected chi connectivity index (χ2v) is 9.52. The fourth-order valence-electron chi connectivity index (χ4n) is 3.39. The Labute approximate surface area is 223 Å². The molecule has 0 spiro atoms. The van der Waals surface area contributed by atoms with E-state index in [1.165, 1.54) is 19.0 Å². The number of carboxylic acid groups (broad SMARTS) is 1. The highest BCUT2D eigenvalue weighted by Gasteiger charge is 2.32. The number of nitrogens with one attached hydrogen (secondary N) is 3. The van der Waals surface area contributed by atoms with E-state index in [4.69, 9.17) is 22.9 Å². The molecule has 0 aliphatic rings. The molecule has 4 atom stereocenters. The van der Waals surface area contributed by atoms with E-state index >= 15 is 0 Å². The zero-order valence-corrected chi connectivity index (χ0v) is 22.7. The van der Waals surface area contributed by atoms with Gasteiger partial charge in [0.05, 0.1) is 12.5 Å². The maximum Gasteiger partial charge on any atom is 0.305 e. The molecule has 0 bridgehead atoms. The molecule has 0 aromatic rings. The minimum Gasteiger partial charge on any atom is -0.481 e. The summed E-state index contributed by atoms with van der Waals surface area (Å²) in [5.74, 6) is -4.29. The number of unbranched alkanes of at least 4 members (excludes halogenated alkanes) is 1. The Kier molecular flexibility index (Phi) is 16.3. The fourth-order valence-corrected chi connectivity index (χ4v) is 3.39. The summed E-state index contributed by atoms with van der Waals surface area (Å²) >= 11 is 0. The number of hydrogen-bond donors (Lipinski definition) is 8. The molecule has 0 unspecified atom stereocenters. The molecule has 0 aromatic carbocycles. The van der Waals surface area contributed by atoms with Gasteiger partial charge in [0.25, 0.3) is 0 Å². The number of carbonyl (C=O) groups excluding carboxylic acids is 4. The first-order valence-electron chi connectivity index (χ1n) is 12.6. The molecule has 15 nitrogen and oxygen atoms in total. The van der Waals surface area contributed by atoms with Crippen LogP contribution in [0.25, 0.3) is 0 Å². The molecule has 38 heavy (non-hydrogen) atoms. The van der Waals surface area contributed by atoms with Gasteiger partial charge < -0.3 is 48.9 Å². The Morgan fingerprint density at radius 1 is 0.868 bits per heavy atom. The van der Waals surface area contributed by atoms with Crippen molar-refractivity contribution in [1.82, 2.24) is 20.9 Å². The number of carbonyl (C=O) groups is 5. The predicted molar refractivity (Wildman–Crippen MR) is 142 cm³/mol. The number of hydrogen-bond acceptors (Lipinski definition) is 8. The van der Waals surface area contributed by atoms with Gasteiger partial charge in [0, 0.05) is 20.6 Å². The lowest BCUT2D eigenvalue weighted by molar-refractivity contribution is -0.142. The molecule has 218 valence electrons. The van der Waals surface area contributed by atoms with E-state index in [0.717, 1.165) is 0 Å². The molecule has 0 aliphatic heterocycles. The zero-order chi connectivity index (χ0) is 29.4. The van der Waals surface area contributed by atoms with Crippen molar-refractivity contribution >= 4 is 35.6 Å². The number of nitrogens with zero attached hydrogens (tertiary/aromatic N) is 2. The van der Waals surface area contributed by atoms with Crippen molar-refractivity contribution in [1.29, 1.82) is 0 Å². The van der Waals surface area contributed by atoms with Crippen LogP contribution in [-0.2, 0) is 24.0 Å². The highest BCUT2D eigenvalue weighted by atomic mass is 16.4. The highest BCUT2D eigenvalue weighted by Crippen LogP contribution is 2.08. The zero-order valence-electron chi connectivity index (χ0n) is 22.7. The molecule has 0 radical (unpaired) electrons. The van der Waals surface area contributed by atoms with Crippen LogP contribution in [0.1, 0.15) is 52.4 Å². The number of amides is 4. The van der Waals surface area contributed by atoms with Gasteiger partial charge in [0.1, 0.15) is 18.1 Å². The van der Waals surface area contributed by atoms with E-state index in [9.17, 15) is 29.1 Å². The number of rotatable bonds is 18. The number of nitrogens with two attached hydrogens (primary N) is 4. The minimum absolute atomic E-state index is 0.0783. The molecular formula is C23H45N9O6. The van der Waals surface area contributed by atoms with Crippen molar-refractivity contribution in [3.8, 4) is 0 Å². The average molecular weight is 544 g/mol. The number of guanidine groups is 1. The van der Waals surface area contributed by atoms with Crippen LogP contribution in [-0.4, -0.2) is 96.9 Å². The molecule has 0 aromatic heterocycles.